The molecule has 2 heterocycles. The lowest BCUT2D eigenvalue weighted by Crippen LogP contribution is -2.27. The lowest BCUT2D eigenvalue weighted by molar-refractivity contribution is 0.0975. The van der Waals surface area contributed by atoms with Crippen molar-refractivity contribution in [3.8, 4) is 5.69 Å². The quantitative estimate of drug-likeness (QED) is 0.668. The minimum absolute atomic E-state index is 0.145. The first kappa shape index (κ1) is 17.7. The summed E-state index contributed by atoms with van der Waals surface area (Å²) >= 11 is 3.09. The summed E-state index contributed by atoms with van der Waals surface area (Å²) in [6.07, 6.45) is 0. The van der Waals surface area contributed by atoms with Crippen molar-refractivity contribution in [2.75, 3.05) is 12.3 Å². The van der Waals surface area contributed by atoms with Gasteiger partial charge in [0.15, 0.2) is 11.0 Å². The van der Waals surface area contributed by atoms with Gasteiger partial charge in [0.1, 0.15) is 0 Å². The molecule has 7 nitrogen and oxygen atoms in total. The molecular formula is C18H16N6OS2. The van der Waals surface area contributed by atoms with E-state index in [4.69, 9.17) is 0 Å². The van der Waals surface area contributed by atoms with Gasteiger partial charge < -0.3 is 5.32 Å². The molecule has 0 saturated heterocycles. The maximum atomic E-state index is 12.6. The van der Waals surface area contributed by atoms with Crippen LogP contribution in [-0.2, 0) is 5.75 Å². The number of nitrogens with zero attached hydrogens (tertiary/aromatic N) is 5. The second-order valence-corrected chi connectivity index (χ2v) is 7.72. The second-order valence-electron chi connectivity index (χ2n) is 5.62. The Bertz CT molecular complexity index is 973. The smallest absolute Gasteiger partial charge is 0.258 e. The van der Waals surface area contributed by atoms with Gasteiger partial charge in [0.25, 0.3) is 5.91 Å². The number of carbonyl (C=O) groups is 1. The normalized spacial score (nSPS) is 13.4. The molecule has 1 N–H and O–H groups in total. The van der Waals surface area contributed by atoms with Gasteiger partial charge in [-0.05, 0) is 34.7 Å². The average Bonchev–Trinajstić information content (AvgIpc) is 3.39. The lowest BCUT2D eigenvalue weighted by Gasteiger charge is -2.09. The van der Waals surface area contributed by atoms with Gasteiger partial charge in [-0.1, -0.05) is 42.1 Å². The summed E-state index contributed by atoms with van der Waals surface area (Å²) in [6.45, 7) is 0.749. The summed E-state index contributed by atoms with van der Waals surface area (Å²) in [5, 5.41) is 15.6. The van der Waals surface area contributed by atoms with Crippen LogP contribution in [0.2, 0.25) is 0 Å². The Balaban J connectivity index is 1.50. The Morgan fingerprint density at radius 2 is 1.96 bits per heavy atom. The highest BCUT2D eigenvalue weighted by Crippen LogP contribution is 2.26. The predicted molar refractivity (Wildman–Crippen MR) is 107 cm³/mol. The van der Waals surface area contributed by atoms with E-state index in [1.54, 1.807) is 16.4 Å². The second kappa shape index (κ2) is 8.36. The maximum Gasteiger partial charge on any atom is 0.258 e. The van der Waals surface area contributed by atoms with Gasteiger partial charge in [-0.25, -0.2) is 0 Å². The van der Waals surface area contributed by atoms with E-state index in [9.17, 15) is 4.79 Å². The van der Waals surface area contributed by atoms with E-state index >= 15 is 0 Å². The highest BCUT2D eigenvalue weighted by atomic mass is 32.2. The fraction of sp³-hybridized carbons (Fsp3) is 0.167. The van der Waals surface area contributed by atoms with Crippen LogP contribution < -0.4 is 5.32 Å². The standard InChI is InChI=1S/C18H16N6OS2/c25-17(20-18-19-10-11-26-18)14-8-4-5-9-15(14)27-12-16-21-22-23-24(16)13-6-2-1-3-7-13/h1-9H,10-12H2,(H,19,20,25). The molecule has 0 spiro atoms. The van der Waals surface area contributed by atoms with Crippen molar-refractivity contribution in [2.24, 2.45) is 4.99 Å². The van der Waals surface area contributed by atoms with Crippen molar-refractivity contribution in [3.63, 3.8) is 0 Å². The first-order chi connectivity index (χ1) is 13.3. The zero-order chi connectivity index (χ0) is 18.5. The molecule has 0 fully saturated rings. The molecule has 1 amide bonds. The summed E-state index contributed by atoms with van der Waals surface area (Å²) in [6, 6.07) is 17.3. The van der Waals surface area contributed by atoms with Crippen molar-refractivity contribution < 1.29 is 4.79 Å². The molecule has 0 radical (unpaired) electrons. The number of tetrazole rings is 1. The van der Waals surface area contributed by atoms with Gasteiger partial charge in [-0.15, -0.1) is 16.9 Å². The number of nitrogens with one attached hydrogen (secondary N) is 1. The van der Waals surface area contributed by atoms with Gasteiger partial charge in [-0.2, -0.15) is 4.68 Å². The molecule has 1 aliphatic rings. The van der Waals surface area contributed by atoms with Crippen molar-refractivity contribution in [3.05, 3.63) is 66.0 Å². The van der Waals surface area contributed by atoms with Crippen LogP contribution in [-0.4, -0.2) is 43.6 Å². The highest BCUT2D eigenvalue weighted by Gasteiger charge is 2.17. The molecule has 2 aromatic carbocycles. The summed E-state index contributed by atoms with van der Waals surface area (Å²) in [4.78, 5) is 17.8. The zero-order valence-electron chi connectivity index (χ0n) is 14.3. The molecule has 9 heteroatoms. The number of hydrogen-bond acceptors (Lipinski definition) is 7. The van der Waals surface area contributed by atoms with Gasteiger partial charge in [0.05, 0.1) is 23.5 Å². The number of aliphatic imine (C=N–C) groups is 1. The van der Waals surface area contributed by atoms with E-state index in [1.807, 2.05) is 54.6 Å². The Morgan fingerprint density at radius 1 is 1.15 bits per heavy atom. The SMILES string of the molecule is O=C(NC1=NCCS1)c1ccccc1SCc1nnnn1-c1ccccc1. The van der Waals surface area contributed by atoms with E-state index < -0.39 is 0 Å². The van der Waals surface area contributed by atoms with Crippen molar-refractivity contribution in [1.82, 2.24) is 25.5 Å². The largest absolute Gasteiger partial charge is 0.301 e. The third-order valence-corrected chi connectivity index (χ3v) is 5.79. The third-order valence-electron chi connectivity index (χ3n) is 3.83. The molecule has 3 aromatic rings. The molecule has 4 rings (SSSR count). The minimum Gasteiger partial charge on any atom is -0.301 e. The number of thioether (sulfide) groups is 2. The molecule has 27 heavy (non-hydrogen) atoms. The first-order valence-corrected chi connectivity index (χ1v) is 10.3. The number of amides is 1. The summed E-state index contributed by atoms with van der Waals surface area (Å²) < 4.78 is 1.71. The van der Waals surface area contributed by atoms with E-state index in [2.05, 4.69) is 25.8 Å². The molecule has 1 aliphatic heterocycles. The fourth-order valence-electron chi connectivity index (χ4n) is 2.56. The van der Waals surface area contributed by atoms with Crippen molar-refractivity contribution in [1.29, 1.82) is 0 Å². The van der Waals surface area contributed by atoms with Gasteiger partial charge in [0.2, 0.25) is 0 Å². The Morgan fingerprint density at radius 3 is 2.78 bits per heavy atom. The molecule has 0 bridgehead atoms. The van der Waals surface area contributed by atoms with Gasteiger partial charge >= 0.3 is 0 Å². The number of aromatic nitrogens is 4. The molecule has 0 aliphatic carbocycles. The number of rotatable bonds is 5. The monoisotopic (exact) mass is 396 g/mol. The fourth-order valence-corrected chi connectivity index (χ4v) is 4.24. The topological polar surface area (TPSA) is 85.1 Å². The van der Waals surface area contributed by atoms with E-state index in [1.165, 1.54) is 11.8 Å². The molecule has 0 saturated carbocycles. The molecule has 0 atom stereocenters. The average molecular weight is 397 g/mol. The first-order valence-electron chi connectivity index (χ1n) is 8.34. The summed E-state index contributed by atoms with van der Waals surface area (Å²) in [7, 11) is 0. The molecule has 136 valence electrons. The zero-order valence-corrected chi connectivity index (χ0v) is 15.9. The van der Waals surface area contributed by atoms with Gasteiger partial charge in [0, 0.05) is 10.6 Å². The number of carbonyl (C=O) groups excluding carboxylic acids is 1. The van der Waals surface area contributed by atoms with Crippen LogP contribution in [0.25, 0.3) is 5.69 Å². The number of benzene rings is 2. The minimum atomic E-state index is -0.145. The predicted octanol–water partition coefficient (Wildman–Crippen LogP) is 2.79. The molecular weight excluding hydrogens is 380 g/mol. The summed E-state index contributed by atoms with van der Waals surface area (Å²) in [5.41, 5.74) is 1.52. The van der Waals surface area contributed by atoms with Crippen molar-refractivity contribution in [2.45, 2.75) is 10.6 Å². The van der Waals surface area contributed by atoms with E-state index in [-0.39, 0.29) is 5.91 Å². The van der Waals surface area contributed by atoms with Crippen LogP contribution >= 0.6 is 23.5 Å². The maximum absolute atomic E-state index is 12.6. The van der Waals surface area contributed by atoms with E-state index in [0.717, 1.165) is 28.7 Å². The van der Waals surface area contributed by atoms with Crippen LogP contribution in [0.1, 0.15) is 16.2 Å². The number of hydrogen-bond donors (Lipinski definition) is 1. The van der Waals surface area contributed by atoms with Crippen LogP contribution in [0.3, 0.4) is 0 Å². The Labute approximate surface area is 164 Å². The number of para-hydroxylation sites is 1. The van der Waals surface area contributed by atoms with Crippen LogP contribution in [0.15, 0.2) is 64.5 Å². The molecule has 0 unspecified atom stereocenters. The number of amidine groups is 1. The van der Waals surface area contributed by atoms with Crippen LogP contribution in [0.5, 0.6) is 0 Å². The van der Waals surface area contributed by atoms with Gasteiger partial charge in [-0.3, -0.25) is 9.79 Å². The lowest BCUT2D eigenvalue weighted by atomic mass is 10.2. The van der Waals surface area contributed by atoms with Crippen LogP contribution in [0, 0.1) is 0 Å². The molecule has 1 aromatic heterocycles. The Kier molecular flexibility index (Phi) is 5.50. The third kappa shape index (κ3) is 4.20. The van der Waals surface area contributed by atoms with Crippen molar-refractivity contribution >= 4 is 34.6 Å². The Hall–Kier alpha value is -2.65. The van der Waals surface area contributed by atoms with Crippen LogP contribution in [0.4, 0.5) is 0 Å². The highest BCUT2D eigenvalue weighted by molar-refractivity contribution is 8.14. The summed E-state index contributed by atoms with van der Waals surface area (Å²) in [5.74, 6) is 2.03. The van der Waals surface area contributed by atoms with E-state index in [0.29, 0.717) is 16.5 Å².